The molecule has 178 valence electrons. The zero-order chi connectivity index (χ0) is 25.0. The molecule has 0 unspecified atom stereocenters. The van der Waals surface area contributed by atoms with Gasteiger partial charge in [0, 0.05) is 34.8 Å². The molecule has 0 fully saturated rings. The lowest BCUT2D eigenvalue weighted by atomic mass is 10.1. The summed E-state index contributed by atoms with van der Waals surface area (Å²) < 4.78 is 45.5. The molecule has 0 saturated heterocycles. The molecule has 9 heteroatoms. The number of para-hydroxylation sites is 1. The lowest BCUT2D eigenvalue weighted by molar-refractivity contribution is -0.137. The van der Waals surface area contributed by atoms with Crippen molar-refractivity contribution >= 4 is 29.0 Å². The van der Waals surface area contributed by atoms with Gasteiger partial charge >= 0.3 is 12.1 Å². The van der Waals surface area contributed by atoms with E-state index in [0.29, 0.717) is 17.7 Å². The number of methoxy groups -OCH3 is 1. The van der Waals surface area contributed by atoms with Gasteiger partial charge in [-0.25, -0.2) is 10.2 Å². The highest BCUT2D eigenvalue weighted by molar-refractivity contribution is 6.00. The Hall–Kier alpha value is -4.40. The van der Waals surface area contributed by atoms with Crippen LogP contribution in [-0.4, -0.2) is 29.8 Å². The van der Waals surface area contributed by atoms with Crippen LogP contribution in [0.3, 0.4) is 0 Å². The standard InChI is InChI=1S/C26H20F3N3O3/c1-35-25(34)19-8-4-6-17(12-19)15-32-16-20(22-10-2-3-11-23(22)32)14-30-31-24(33)18-7-5-9-21(13-18)26(27,28)29/h2-14,16H,15H2,1H3,(H,31,33)/b30-14-. The quantitative estimate of drug-likeness (QED) is 0.233. The third-order valence-electron chi connectivity index (χ3n) is 5.34. The van der Waals surface area contributed by atoms with Gasteiger partial charge in [-0.15, -0.1) is 0 Å². The van der Waals surface area contributed by atoms with Gasteiger partial charge in [-0.2, -0.15) is 18.3 Å². The lowest BCUT2D eigenvalue weighted by Crippen LogP contribution is -2.18. The van der Waals surface area contributed by atoms with Gasteiger partial charge in [0.25, 0.3) is 5.91 Å². The third-order valence-corrected chi connectivity index (χ3v) is 5.34. The predicted octanol–water partition coefficient (Wildman–Crippen LogP) is 5.26. The van der Waals surface area contributed by atoms with Gasteiger partial charge < -0.3 is 9.30 Å². The monoisotopic (exact) mass is 479 g/mol. The van der Waals surface area contributed by atoms with Crippen molar-refractivity contribution in [3.8, 4) is 0 Å². The van der Waals surface area contributed by atoms with E-state index in [1.165, 1.54) is 25.5 Å². The highest BCUT2D eigenvalue weighted by atomic mass is 19.4. The van der Waals surface area contributed by atoms with E-state index < -0.39 is 23.6 Å². The molecule has 0 spiro atoms. The number of hydrogen-bond acceptors (Lipinski definition) is 4. The van der Waals surface area contributed by atoms with Crippen LogP contribution < -0.4 is 5.43 Å². The van der Waals surface area contributed by atoms with Crippen LogP contribution in [0.1, 0.15) is 37.4 Å². The second kappa shape index (κ2) is 9.84. The van der Waals surface area contributed by atoms with E-state index in [-0.39, 0.29) is 5.56 Å². The first-order valence-electron chi connectivity index (χ1n) is 10.5. The molecule has 1 amide bonds. The van der Waals surface area contributed by atoms with Crippen molar-refractivity contribution in [3.05, 3.63) is 107 Å². The van der Waals surface area contributed by atoms with Crippen LogP contribution >= 0.6 is 0 Å². The Labute approximate surface area is 198 Å². The molecular weight excluding hydrogens is 459 g/mol. The number of alkyl halides is 3. The molecule has 3 aromatic carbocycles. The number of hydrogen-bond donors (Lipinski definition) is 1. The zero-order valence-electron chi connectivity index (χ0n) is 18.5. The number of esters is 1. The summed E-state index contributed by atoms with van der Waals surface area (Å²) in [5.74, 6) is -1.18. The largest absolute Gasteiger partial charge is 0.465 e. The number of ether oxygens (including phenoxy) is 1. The molecule has 0 aliphatic heterocycles. The van der Waals surface area contributed by atoms with Gasteiger partial charge in [-0.05, 0) is 42.0 Å². The molecule has 0 radical (unpaired) electrons. The Bertz CT molecular complexity index is 1420. The number of aromatic nitrogens is 1. The van der Waals surface area contributed by atoms with Gasteiger partial charge in [0.15, 0.2) is 0 Å². The highest BCUT2D eigenvalue weighted by Gasteiger charge is 2.30. The fourth-order valence-corrected chi connectivity index (χ4v) is 3.68. The number of halogens is 3. The Morgan fingerprint density at radius 1 is 1.00 bits per heavy atom. The Morgan fingerprint density at radius 3 is 2.51 bits per heavy atom. The summed E-state index contributed by atoms with van der Waals surface area (Å²) in [4.78, 5) is 24.1. The molecule has 1 aromatic heterocycles. The minimum atomic E-state index is -4.54. The van der Waals surface area contributed by atoms with Crippen molar-refractivity contribution in [1.82, 2.24) is 9.99 Å². The molecule has 0 aliphatic carbocycles. The van der Waals surface area contributed by atoms with Crippen molar-refractivity contribution < 1.29 is 27.5 Å². The molecule has 0 aliphatic rings. The van der Waals surface area contributed by atoms with Gasteiger partial charge in [-0.3, -0.25) is 4.79 Å². The maximum absolute atomic E-state index is 12.9. The minimum absolute atomic E-state index is 0.148. The molecule has 0 saturated carbocycles. The summed E-state index contributed by atoms with van der Waals surface area (Å²) in [5, 5.41) is 4.82. The van der Waals surface area contributed by atoms with E-state index in [9.17, 15) is 22.8 Å². The summed E-state index contributed by atoms with van der Waals surface area (Å²) in [5.41, 5.74) is 4.16. The van der Waals surface area contributed by atoms with Gasteiger partial charge in [0.2, 0.25) is 0 Å². The van der Waals surface area contributed by atoms with Crippen LogP contribution in [0, 0.1) is 0 Å². The summed E-state index contributed by atoms with van der Waals surface area (Å²) in [6, 6.07) is 18.8. The SMILES string of the molecule is COC(=O)c1cccc(Cn2cc(/C=N\NC(=O)c3cccc(C(F)(F)F)c3)c3ccccc32)c1. The first kappa shape index (κ1) is 23.7. The predicted molar refractivity (Wildman–Crippen MR) is 125 cm³/mol. The summed E-state index contributed by atoms with van der Waals surface area (Å²) in [6.45, 7) is 0.468. The van der Waals surface area contributed by atoms with Crippen LogP contribution in [0.25, 0.3) is 10.9 Å². The second-order valence-electron chi connectivity index (χ2n) is 7.70. The van der Waals surface area contributed by atoms with E-state index in [0.717, 1.165) is 28.6 Å². The number of fused-ring (bicyclic) bond motifs is 1. The molecular formula is C26H20F3N3O3. The van der Waals surface area contributed by atoms with E-state index in [4.69, 9.17) is 4.74 Å². The molecule has 0 atom stereocenters. The van der Waals surface area contributed by atoms with Crippen LogP contribution in [0.5, 0.6) is 0 Å². The van der Waals surface area contributed by atoms with Crippen molar-refractivity contribution in [2.75, 3.05) is 7.11 Å². The third kappa shape index (κ3) is 5.40. The number of rotatable bonds is 6. The topological polar surface area (TPSA) is 72.7 Å². The number of carbonyl (C=O) groups is 2. The fraction of sp³-hybridized carbons (Fsp3) is 0.115. The number of nitrogens with one attached hydrogen (secondary N) is 1. The molecule has 35 heavy (non-hydrogen) atoms. The van der Waals surface area contributed by atoms with Crippen molar-refractivity contribution in [1.29, 1.82) is 0 Å². The summed E-state index contributed by atoms with van der Waals surface area (Å²) >= 11 is 0. The lowest BCUT2D eigenvalue weighted by Gasteiger charge is -2.07. The molecule has 4 aromatic rings. The Morgan fingerprint density at radius 2 is 1.74 bits per heavy atom. The van der Waals surface area contributed by atoms with Gasteiger partial charge in [0.1, 0.15) is 0 Å². The first-order valence-corrected chi connectivity index (χ1v) is 10.5. The van der Waals surface area contributed by atoms with E-state index >= 15 is 0 Å². The average molecular weight is 479 g/mol. The van der Waals surface area contributed by atoms with Gasteiger partial charge in [-0.1, -0.05) is 36.4 Å². The molecule has 6 nitrogen and oxygen atoms in total. The summed E-state index contributed by atoms with van der Waals surface area (Å²) in [7, 11) is 1.33. The van der Waals surface area contributed by atoms with Crippen LogP contribution in [0.15, 0.2) is 84.1 Å². The minimum Gasteiger partial charge on any atom is -0.465 e. The Balaban J connectivity index is 1.55. The van der Waals surface area contributed by atoms with E-state index in [1.54, 1.807) is 18.2 Å². The second-order valence-corrected chi connectivity index (χ2v) is 7.70. The van der Waals surface area contributed by atoms with Crippen LogP contribution in [0.4, 0.5) is 13.2 Å². The van der Waals surface area contributed by atoms with Crippen LogP contribution in [-0.2, 0) is 17.5 Å². The maximum Gasteiger partial charge on any atom is 0.416 e. The van der Waals surface area contributed by atoms with Crippen molar-refractivity contribution in [2.24, 2.45) is 5.10 Å². The highest BCUT2D eigenvalue weighted by Crippen LogP contribution is 2.29. The zero-order valence-corrected chi connectivity index (χ0v) is 18.5. The average Bonchev–Trinajstić information content (AvgIpc) is 3.20. The normalized spacial score (nSPS) is 11.7. The fourth-order valence-electron chi connectivity index (χ4n) is 3.68. The first-order chi connectivity index (χ1) is 16.8. The molecule has 4 rings (SSSR count). The van der Waals surface area contributed by atoms with E-state index in [2.05, 4.69) is 10.5 Å². The smallest absolute Gasteiger partial charge is 0.416 e. The molecule has 1 heterocycles. The van der Waals surface area contributed by atoms with Crippen molar-refractivity contribution in [2.45, 2.75) is 12.7 Å². The maximum atomic E-state index is 12.9. The van der Waals surface area contributed by atoms with Crippen molar-refractivity contribution in [3.63, 3.8) is 0 Å². The Kier molecular flexibility index (Phi) is 6.68. The van der Waals surface area contributed by atoms with Crippen LogP contribution in [0.2, 0.25) is 0 Å². The number of nitrogens with zero attached hydrogens (tertiary/aromatic N) is 2. The molecule has 1 N–H and O–H groups in total. The van der Waals surface area contributed by atoms with E-state index in [1.807, 2.05) is 41.1 Å². The number of hydrazone groups is 1. The molecule has 0 bridgehead atoms. The number of carbonyl (C=O) groups excluding carboxylic acids is 2. The summed E-state index contributed by atoms with van der Waals surface area (Å²) in [6.07, 6.45) is -1.26. The number of amides is 1. The van der Waals surface area contributed by atoms with Gasteiger partial charge in [0.05, 0.1) is 24.5 Å². The number of benzene rings is 3.